The zero-order valence-corrected chi connectivity index (χ0v) is 15.5. The van der Waals surface area contributed by atoms with Crippen molar-refractivity contribution >= 4 is 11.8 Å². The number of hydrogen-bond acceptors (Lipinski definition) is 3. The molecule has 0 bridgehead atoms. The van der Waals surface area contributed by atoms with E-state index >= 15 is 0 Å². The molecule has 0 spiro atoms. The first-order valence-corrected chi connectivity index (χ1v) is 9.14. The Labute approximate surface area is 150 Å². The zero-order valence-electron chi connectivity index (χ0n) is 15.5. The second kappa shape index (κ2) is 8.37. The molecule has 1 saturated carbocycles. The number of nitrogens with one attached hydrogen (secondary N) is 1. The van der Waals surface area contributed by atoms with Crippen molar-refractivity contribution < 1.29 is 14.3 Å². The molecule has 0 radical (unpaired) electrons. The van der Waals surface area contributed by atoms with E-state index in [4.69, 9.17) is 10.5 Å². The maximum absolute atomic E-state index is 12.5. The summed E-state index contributed by atoms with van der Waals surface area (Å²) in [7, 11) is 0. The lowest BCUT2D eigenvalue weighted by molar-refractivity contribution is -0.119. The van der Waals surface area contributed by atoms with Crippen molar-refractivity contribution in [1.82, 2.24) is 5.32 Å². The molecule has 1 aromatic carbocycles. The van der Waals surface area contributed by atoms with Gasteiger partial charge in [-0.2, -0.15) is 0 Å². The van der Waals surface area contributed by atoms with Gasteiger partial charge in [-0.3, -0.25) is 9.59 Å². The molecular weight excluding hydrogens is 316 g/mol. The SMILES string of the molecule is CCC(C)(C)C1CCC(NC(=O)c2cccc(OCC(N)=O)c2)CC1. The quantitative estimate of drug-likeness (QED) is 0.795. The van der Waals surface area contributed by atoms with E-state index in [1.54, 1.807) is 24.3 Å². The first kappa shape index (κ1) is 19.3. The van der Waals surface area contributed by atoms with Gasteiger partial charge in [-0.25, -0.2) is 0 Å². The third-order valence-electron chi connectivity index (χ3n) is 5.56. The number of rotatable bonds is 7. The molecule has 5 heteroatoms. The molecule has 25 heavy (non-hydrogen) atoms. The van der Waals surface area contributed by atoms with Gasteiger partial charge in [0.15, 0.2) is 6.61 Å². The van der Waals surface area contributed by atoms with Crippen LogP contribution >= 0.6 is 0 Å². The number of hydrogen-bond donors (Lipinski definition) is 2. The molecule has 0 aliphatic heterocycles. The van der Waals surface area contributed by atoms with E-state index in [0.717, 1.165) is 31.6 Å². The lowest BCUT2D eigenvalue weighted by atomic mass is 9.69. The fourth-order valence-electron chi connectivity index (χ4n) is 3.46. The average Bonchev–Trinajstić information content (AvgIpc) is 2.60. The molecule has 2 amide bonds. The van der Waals surface area contributed by atoms with Gasteiger partial charge in [-0.05, 0) is 55.2 Å². The largest absolute Gasteiger partial charge is 0.484 e. The molecule has 3 N–H and O–H groups in total. The lowest BCUT2D eigenvalue weighted by Gasteiger charge is -2.39. The van der Waals surface area contributed by atoms with Crippen LogP contribution in [0.25, 0.3) is 0 Å². The Morgan fingerprint density at radius 2 is 1.92 bits per heavy atom. The third kappa shape index (κ3) is 5.48. The van der Waals surface area contributed by atoms with E-state index < -0.39 is 5.91 Å². The van der Waals surface area contributed by atoms with E-state index in [-0.39, 0.29) is 18.6 Å². The summed E-state index contributed by atoms with van der Waals surface area (Å²) in [5.74, 6) is 0.570. The van der Waals surface area contributed by atoms with Crippen molar-refractivity contribution in [2.24, 2.45) is 17.1 Å². The van der Waals surface area contributed by atoms with Crippen molar-refractivity contribution in [3.63, 3.8) is 0 Å². The van der Waals surface area contributed by atoms with Crippen LogP contribution in [-0.4, -0.2) is 24.5 Å². The van der Waals surface area contributed by atoms with E-state index in [0.29, 0.717) is 16.7 Å². The third-order valence-corrected chi connectivity index (χ3v) is 5.56. The van der Waals surface area contributed by atoms with Crippen LogP contribution in [0.15, 0.2) is 24.3 Å². The molecule has 0 saturated heterocycles. The minimum Gasteiger partial charge on any atom is -0.484 e. The van der Waals surface area contributed by atoms with Crippen LogP contribution < -0.4 is 15.8 Å². The Balaban J connectivity index is 1.88. The molecule has 1 aliphatic carbocycles. The molecule has 138 valence electrons. The van der Waals surface area contributed by atoms with Gasteiger partial charge in [0.2, 0.25) is 0 Å². The molecule has 2 rings (SSSR count). The number of ether oxygens (including phenoxy) is 1. The monoisotopic (exact) mass is 346 g/mol. The standard InChI is InChI=1S/C20H30N2O3/c1-4-20(2,3)15-8-10-16(11-9-15)22-19(24)14-6-5-7-17(12-14)25-13-18(21)23/h5-7,12,15-16H,4,8-11,13H2,1-3H3,(H2,21,23)(H,22,24). The number of primary amides is 1. The number of carbonyl (C=O) groups excluding carboxylic acids is 2. The van der Waals surface area contributed by atoms with Crippen LogP contribution in [0.2, 0.25) is 0 Å². The first-order valence-electron chi connectivity index (χ1n) is 9.14. The van der Waals surface area contributed by atoms with Crippen LogP contribution in [0.5, 0.6) is 5.75 Å². The van der Waals surface area contributed by atoms with Crippen molar-refractivity contribution in [2.75, 3.05) is 6.61 Å². The highest BCUT2D eigenvalue weighted by Gasteiger charge is 2.32. The van der Waals surface area contributed by atoms with E-state index in [2.05, 4.69) is 26.1 Å². The summed E-state index contributed by atoms with van der Waals surface area (Å²) in [6, 6.07) is 7.07. The van der Waals surface area contributed by atoms with Gasteiger partial charge in [0.05, 0.1) is 0 Å². The number of nitrogens with two attached hydrogens (primary N) is 1. The van der Waals surface area contributed by atoms with Gasteiger partial charge in [0.1, 0.15) is 5.75 Å². The molecular formula is C20H30N2O3. The van der Waals surface area contributed by atoms with Crippen molar-refractivity contribution in [3.05, 3.63) is 29.8 Å². The van der Waals surface area contributed by atoms with Crippen LogP contribution in [-0.2, 0) is 4.79 Å². The Hall–Kier alpha value is -2.04. The number of carbonyl (C=O) groups is 2. The summed E-state index contributed by atoms with van der Waals surface area (Å²) in [4.78, 5) is 23.3. The molecule has 0 unspecified atom stereocenters. The fraction of sp³-hybridized carbons (Fsp3) is 0.600. The Morgan fingerprint density at radius 1 is 1.24 bits per heavy atom. The second-order valence-corrected chi connectivity index (χ2v) is 7.65. The Bertz CT molecular complexity index is 605. The maximum atomic E-state index is 12.5. The minimum absolute atomic E-state index is 0.0947. The molecule has 1 aromatic rings. The number of amides is 2. The van der Waals surface area contributed by atoms with Gasteiger partial charge in [-0.15, -0.1) is 0 Å². The predicted octanol–water partition coefficient (Wildman–Crippen LogP) is 3.28. The summed E-state index contributed by atoms with van der Waals surface area (Å²) >= 11 is 0. The highest BCUT2D eigenvalue weighted by Crippen LogP contribution is 2.40. The highest BCUT2D eigenvalue weighted by atomic mass is 16.5. The summed E-state index contributed by atoms with van der Waals surface area (Å²) in [5, 5.41) is 3.13. The molecule has 0 aromatic heterocycles. The fourth-order valence-corrected chi connectivity index (χ4v) is 3.46. The van der Waals surface area contributed by atoms with E-state index in [1.165, 1.54) is 6.42 Å². The summed E-state index contributed by atoms with van der Waals surface area (Å²) in [6.07, 6.45) is 5.56. The maximum Gasteiger partial charge on any atom is 0.255 e. The minimum atomic E-state index is -0.540. The average molecular weight is 346 g/mol. The summed E-state index contributed by atoms with van der Waals surface area (Å²) in [6.45, 7) is 6.74. The van der Waals surface area contributed by atoms with Crippen LogP contribution in [0.4, 0.5) is 0 Å². The lowest BCUT2D eigenvalue weighted by Crippen LogP contribution is -2.39. The van der Waals surface area contributed by atoms with Gasteiger partial charge in [0.25, 0.3) is 11.8 Å². The van der Waals surface area contributed by atoms with Crippen molar-refractivity contribution in [2.45, 2.75) is 58.9 Å². The van der Waals surface area contributed by atoms with E-state index in [9.17, 15) is 9.59 Å². The Morgan fingerprint density at radius 3 is 2.52 bits per heavy atom. The van der Waals surface area contributed by atoms with Crippen LogP contribution in [0, 0.1) is 11.3 Å². The molecule has 0 atom stereocenters. The van der Waals surface area contributed by atoms with Gasteiger partial charge < -0.3 is 15.8 Å². The smallest absolute Gasteiger partial charge is 0.255 e. The topological polar surface area (TPSA) is 81.4 Å². The zero-order chi connectivity index (χ0) is 18.4. The Kier molecular flexibility index (Phi) is 6.45. The molecule has 5 nitrogen and oxygen atoms in total. The highest BCUT2D eigenvalue weighted by molar-refractivity contribution is 5.94. The molecule has 0 heterocycles. The normalized spacial score (nSPS) is 20.8. The summed E-state index contributed by atoms with van der Waals surface area (Å²) in [5.41, 5.74) is 5.99. The predicted molar refractivity (Wildman–Crippen MR) is 98.4 cm³/mol. The van der Waals surface area contributed by atoms with Crippen molar-refractivity contribution in [3.8, 4) is 5.75 Å². The van der Waals surface area contributed by atoms with Crippen LogP contribution in [0.3, 0.4) is 0 Å². The number of benzene rings is 1. The van der Waals surface area contributed by atoms with E-state index in [1.807, 2.05) is 0 Å². The summed E-state index contributed by atoms with van der Waals surface area (Å²) < 4.78 is 5.26. The van der Waals surface area contributed by atoms with Gasteiger partial charge in [-0.1, -0.05) is 33.3 Å². The molecule has 1 fully saturated rings. The van der Waals surface area contributed by atoms with Crippen LogP contribution in [0.1, 0.15) is 63.2 Å². The second-order valence-electron chi connectivity index (χ2n) is 7.65. The first-order chi connectivity index (χ1) is 11.8. The van der Waals surface area contributed by atoms with Gasteiger partial charge in [0, 0.05) is 11.6 Å². The van der Waals surface area contributed by atoms with Crippen molar-refractivity contribution in [1.29, 1.82) is 0 Å². The molecule has 1 aliphatic rings. The van der Waals surface area contributed by atoms with Gasteiger partial charge >= 0.3 is 0 Å².